The van der Waals surface area contributed by atoms with Gasteiger partial charge >= 0.3 is 6.16 Å². The molecule has 0 radical (unpaired) electrons. The Kier molecular flexibility index (Phi) is 2.64. The van der Waals surface area contributed by atoms with Crippen LogP contribution in [0, 0.1) is 0 Å². The van der Waals surface area contributed by atoms with E-state index in [0.29, 0.717) is 10.8 Å². The van der Waals surface area contributed by atoms with Gasteiger partial charge in [0.15, 0.2) is 11.4 Å². The second-order valence-electron chi connectivity index (χ2n) is 4.02. The van der Waals surface area contributed by atoms with Crippen molar-refractivity contribution in [3.05, 3.63) is 40.6 Å². The number of ether oxygens (including phenoxy) is 2. The zero-order valence-electron chi connectivity index (χ0n) is 8.99. The molecule has 0 N–H and O–H groups in total. The number of carbonyl (C=O) groups is 1. The van der Waals surface area contributed by atoms with E-state index in [9.17, 15) is 4.79 Å². The molecular weight excluding hydrogens is 228 g/mol. The Bertz CT molecular complexity index is 446. The third-order valence-electron chi connectivity index (χ3n) is 2.29. The van der Waals surface area contributed by atoms with Gasteiger partial charge in [-0.1, -0.05) is 23.7 Å². The van der Waals surface area contributed by atoms with Crippen molar-refractivity contribution in [2.75, 3.05) is 0 Å². The quantitative estimate of drug-likeness (QED) is 0.701. The standard InChI is InChI=1S/C12H11ClO3/c1-12(2)10(15-11(14)16-12)7-8-3-5-9(13)6-4-8/h3-7H,1-2H3. The minimum atomic E-state index is -0.712. The molecule has 1 aromatic rings. The van der Waals surface area contributed by atoms with Gasteiger partial charge in [0, 0.05) is 5.02 Å². The number of rotatable bonds is 1. The van der Waals surface area contributed by atoms with Crippen LogP contribution in [0.3, 0.4) is 0 Å². The predicted molar refractivity (Wildman–Crippen MR) is 61.1 cm³/mol. The van der Waals surface area contributed by atoms with E-state index >= 15 is 0 Å². The molecule has 1 fully saturated rings. The molecule has 0 spiro atoms. The molecule has 1 saturated heterocycles. The van der Waals surface area contributed by atoms with Crippen LogP contribution in [0.15, 0.2) is 30.0 Å². The summed E-state index contributed by atoms with van der Waals surface area (Å²) in [7, 11) is 0. The first-order chi connectivity index (χ1) is 7.47. The molecule has 0 saturated carbocycles. The van der Waals surface area contributed by atoms with E-state index in [1.54, 1.807) is 32.1 Å². The van der Waals surface area contributed by atoms with Crippen molar-refractivity contribution in [3.8, 4) is 0 Å². The van der Waals surface area contributed by atoms with Gasteiger partial charge in [-0.05, 0) is 37.6 Å². The number of cyclic esters (lactones) is 2. The fourth-order valence-corrected chi connectivity index (χ4v) is 1.53. The Morgan fingerprint density at radius 3 is 2.38 bits per heavy atom. The lowest BCUT2D eigenvalue weighted by Crippen LogP contribution is -2.20. The Hall–Kier alpha value is -1.48. The van der Waals surface area contributed by atoms with Crippen LogP contribution in [0.25, 0.3) is 6.08 Å². The first-order valence-electron chi connectivity index (χ1n) is 4.86. The second kappa shape index (κ2) is 3.83. The summed E-state index contributed by atoms with van der Waals surface area (Å²) in [5, 5.41) is 0.668. The largest absolute Gasteiger partial charge is 0.514 e. The van der Waals surface area contributed by atoms with Gasteiger partial charge in [0.1, 0.15) is 0 Å². The summed E-state index contributed by atoms with van der Waals surface area (Å²) in [6.07, 6.45) is 1.10. The predicted octanol–water partition coefficient (Wildman–Crippen LogP) is 3.63. The molecule has 1 aromatic carbocycles. The van der Waals surface area contributed by atoms with E-state index in [1.165, 1.54) is 0 Å². The maximum Gasteiger partial charge on any atom is 0.514 e. The molecule has 0 aromatic heterocycles. The Labute approximate surface area is 98.6 Å². The van der Waals surface area contributed by atoms with Crippen molar-refractivity contribution in [2.45, 2.75) is 19.4 Å². The zero-order valence-corrected chi connectivity index (χ0v) is 9.75. The molecule has 0 aliphatic carbocycles. The zero-order chi connectivity index (χ0) is 11.8. The van der Waals surface area contributed by atoms with Gasteiger partial charge in [0.2, 0.25) is 0 Å². The third-order valence-corrected chi connectivity index (χ3v) is 2.54. The highest BCUT2D eigenvalue weighted by molar-refractivity contribution is 6.30. The van der Waals surface area contributed by atoms with Crippen LogP contribution in [-0.4, -0.2) is 11.8 Å². The van der Waals surface area contributed by atoms with Gasteiger partial charge in [-0.25, -0.2) is 4.79 Å². The highest BCUT2D eigenvalue weighted by atomic mass is 35.5. The maximum absolute atomic E-state index is 11.0. The molecule has 2 rings (SSSR count). The maximum atomic E-state index is 11.0. The van der Waals surface area contributed by atoms with E-state index in [2.05, 4.69) is 0 Å². The molecule has 1 aliphatic rings. The molecule has 0 atom stereocenters. The van der Waals surface area contributed by atoms with Gasteiger partial charge in [0.25, 0.3) is 0 Å². The fraction of sp³-hybridized carbons (Fsp3) is 0.250. The average Bonchev–Trinajstić information content (AvgIpc) is 2.43. The van der Waals surface area contributed by atoms with Crippen LogP contribution in [0.1, 0.15) is 19.4 Å². The minimum absolute atomic E-state index is 0.500. The molecule has 0 unspecified atom stereocenters. The second-order valence-corrected chi connectivity index (χ2v) is 4.46. The Balaban J connectivity index is 2.31. The van der Waals surface area contributed by atoms with Crippen LogP contribution in [0.2, 0.25) is 5.02 Å². The van der Waals surface area contributed by atoms with E-state index < -0.39 is 11.8 Å². The van der Waals surface area contributed by atoms with Crippen molar-refractivity contribution in [1.82, 2.24) is 0 Å². The highest BCUT2D eigenvalue weighted by Crippen LogP contribution is 2.31. The smallest absolute Gasteiger partial charge is 0.420 e. The SMILES string of the molecule is CC1(C)OC(=O)OC1=Cc1ccc(Cl)cc1. The average molecular weight is 239 g/mol. The minimum Gasteiger partial charge on any atom is -0.420 e. The molecule has 3 nitrogen and oxygen atoms in total. The lowest BCUT2D eigenvalue weighted by atomic mass is 10.0. The number of carbonyl (C=O) groups excluding carboxylic acids is 1. The van der Waals surface area contributed by atoms with Gasteiger partial charge in [-0.3, -0.25) is 0 Å². The fourth-order valence-electron chi connectivity index (χ4n) is 1.41. The lowest BCUT2D eigenvalue weighted by Gasteiger charge is -2.13. The number of halogens is 1. The Morgan fingerprint density at radius 1 is 1.25 bits per heavy atom. The van der Waals surface area contributed by atoms with Crippen molar-refractivity contribution < 1.29 is 14.3 Å². The molecule has 16 heavy (non-hydrogen) atoms. The van der Waals surface area contributed by atoms with Crippen LogP contribution in [0.5, 0.6) is 0 Å². The highest BCUT2D eigenvalue weighted by Gasteiger charge is 2.38. The number of hydrogen-bond donors (Lipinski definition) is 0. The summed E-state index contributed by atoms with van der Waals surface area (Å²) in [6, 6.07) is 7.24. The van der Waals surface area contributed by atoms with Crippen LogP contribution >= 0.6 is 11.6 Å². The Morgan fingerprint density at radius 2 is 1.88 bits per heavy atom. The van der Waals surface area contributed by atoms with Gasteiger partial charge in [0.05, 0.1) is 0 Å². The summed E-state index contributed by atoms with van der Waals surface area (Å²) >= 11 is 5.78. The van der Waals surface area contributed by atoms with Crippen LogP contribution in [0.4, 0.5) is 4.79 Å². The molecule has 0 bridgehead atoms. The summed E-state index contributed by atoms with van der Waals surface area (Å²) in [5.41, 5.74) is 0.197. The van der Waals surface area contributed by atoms with E-state index in [4.69, 9.17) is 21.1 Å². The lowest BCUT2D eigenvalue weighted by molar-refractivity contribution is 0.0873. The van der Waals surface area contributed by atoms with Crippen molar-refractivity contribution in [1.29, 1.82) is 0 Å². The molecule has 1 heterocycles. The topological polar surface area (TPSA) is 35.5 Å². The van der Waals surface area contributed by atoms with Crippen molar-refractivity contribution in [3.63, 3.8) is 0 Å². The van der Waals surface area contributed by atoms with Gasteiger partial charge in [-0.2, -0.15) is 0 Å². The molecular formula is C12H11ClO3. The normalized spacial score (nSPS) is 20.7. The first kappa shape index (κ1) is 11.0. The molecule has 4 heteroatoms. The van der Waals surface area contributed by atoms with Gasteiger partial charge < -0.3 is 9.47 Å². The van der Waals surface area contributed by atoms with E-state index in [0.717, 1.165) is 5.56 Å². The summed E-state index contributed by atoms with van der Waals surface area (Å²) < 4.78 is 9.98. The van der Waals surface area contributed by atoms with Crippen molar-refractivity contribution in [2.24, 2.45) is 0 Å². The third kappa shape index (κ3) is 2.19. The van der Waals surface area contributed by atoms with E-state index in [-0.39, 0.29) is 0 Å². The van der Waals surface area contributed by atoms with Crippen LogP contribution in [-0.2, 0) is 9.47 Å². The summed E-state index contributed by atoms with van der Waals surface area (Å²) in [5.74, 6) is 0.500. The molecule has 0 amide bonds. The number of benzene rings is 1. The van der Waals surface area contributed by atoms with Gasteiger partial charge in [-0.15, -0.1) is 0 Å². The van der Waals surface area contributed by atoms with E-state index in [1.807, 2.05) is 12.1 Å². The molecule has 84 valence electrons. The number of hydrogen-bond acceptors (Lipinski definition) is 3. The summed E-state index contributed by atoms with van der Waals surface area (Å²) in [6.45, 7) is 3.55. The van der Waals surface area contributed by atoms with Crippen molar-refractivity contribution >= 4 is 23.8 Å². The first-order valence-corrected chi connectivity index (χ1v) is 5.24. The summed E-state index contributed by atoms with van der Waals surface area (Å²) in [4.78, 5) is 11.0. The molecule has 1 aliphatic heterocycles. The monoisotopic (exact) mass is 238 g/mol. The van der Waals surface area contributed by atoms with Crippen LogP contribution < -0.4 is 0 Å².